The Kier molecular flexibility index (Phi) is 5.97. The third-order valence-corrected chi connectivity index (χ3v) is 4.63. The van der Waals surface area contributed by atoms with E-state index >= 15 is 0 Å². The lowest BCUT2D eigenvalue weighted by Crippen LogP contribution is -2.51. The number of likely N-dealkylation sites (N-methyl/N-ethyl adjacent to an activating group) is 2. The molecule has 0 N–H and O–H groups in total. The van der Waals surface area contributed by atoms with Crippen LogP contribution in [0.3, 0.4) is 0 Å². The summed E-state index contributed by atoms with van der Waals surface area (Å²) in [5, 5.41) is 0. The first-order chi connectivity index (χ1) is 10.5. The molecule has 1 amide bonds. The standard InChI is InChI=1S/C16H29N5O/c1-18-10-11-19(2)14(13-18)12-16(22)21(4)8-5-6-15-17-7-9-20(15)3/h7,9,14H,5-6,8,10-13H2,1-4H3/t14-/m1/s1. The van der Waals surface area contributed by atoms with Crippen molar-refractivity contribution in [2.45, 2.75) is 25.3 Å². The summed E-state index contributed by atoms with van der Waals surface area (Å²) >= 11 is 0. The van der Waals surface area contributed by atoms with E-state index < -0.39 is 0 Å². The number of imidazole rings is 1. The molecule has 6 nitrogen and oxygen atoms in total. The third kappa shape index (κ3) is 4.55. The van der Waals surface area contributed by atoms with Crippen molar-refractivity contribution in [1.82, 2.24) is 24.3 Å². The van der Waals surface area contributed by atoms with Gasteiger partial charge in [-0.05, 0) is 20.5 Å². The van der Waals surface area contributed by atoms with E-state index in [1.807, 2.05) is 36.0 Å². The molecule has 0 aromatic carbocycles. The SMILES string of the molecule is CN1CCN(C)[C@H](CC(=O)N(C)CCCc2nccn2C)C1. The fourth-order valence-electron chi connectivity index (χ4n) is 2.92. The van der Waals surface area contributed by atoms with E-state index in [-0.39, 0.29) is 5.91 Å². The molecule has 2 rings (SSSR count). The lowest BCUT2D eigenvalue weighted by atomic mass is 10.1. The van der Waals surface area contributed by atoms with E-state index in [9.17, 15) is 4.79 Å². The second-order valence-electron chi connectivity index (χ2n) is 6.47. The Bertz CT molecular complexity index is 487. The number of amides is 1. The Morgan fingerprint density at radius 3 is 2.82 bits per heavy atom. The number of hydrogen-bond acceptors (Lipinski definition) is 4. The van der Waals surface area contributed by atoms with Crippen LogP contribution in [0.25, 0.3) is 0 Å². The van der Waals surface area contributed by atoms with Gasteiger partial charge >= 0.3 is 0 Å². The Balaban J connectivity index is 1.73. The number of carbonyl (C=O) groups excluding carboxylic acids is 1. The van der Waals surface area contributed by atoms with Crippen molar-refractivity contribution in [2.24, 2.45) is 7.05 Å². The molecule has 1 aliphatic rings. The fraction of sp³-hybridized carbons (Fsp3) is 0.750. The number of hydrogen-bond donors (Lipinski definition) is 0. The van der Waals surface area contributed by atoms with Gasteiger partial charge in [0, 0.05) is 71.6 Å². The van der Waals surface area contributed by atoms with Crippen LogP contribution in [-0.2, 0) is 18.3 Å². The highest BCUT2D eigenvalue weighted by Gasteiger charge is 2.25. The third-order valence-electron chi connectivity index (χ3n) is 4.63. The number of rotatable bonds is 6. The number of nitrogens with zero attached hydrogens (tertiary/aromatic N) is 5. The summed E-state index contributed by atoms with van der Waals surface area (Å²) in [5.41, 5.74) is 0. The average molecular weight is 307 g/mol. The van der Waals surface area contributed by atoms with Crippen molar-refractivity contribution in [3.63, 3.8) is 0 Å². The predicted octanol–water partition coefficient (Wildman–Crippen LogP) is 0.447. The van der Waals surface area contributed by atoms with Gasteiger partial charge in [0.1, 0.15) is 5.82 Å². The molecule has 1 aromatic rings. The van der Waals surface area contributed by atoms with Gasteiger partial charge in [0.25, 0.3) is 0 Å². The highest BCUT2D eigenvalue weighted by molar-refractivity contribution is 5.76. The molecule has 0 bridgehead atoms. The van der Waals surface area contributed by atoms with E-state index in [4.69, 9.17) is 0 Å². The minimum absolute atomic E-state index is 0.243. The Labute approximate surface area is 133 Å². The van der Waals surface area contributed by atoms with Gasteiger partial charge in [-0.15, -0.1) is 0 Å². The minimum Gasteiger partial charge on any atom is -0.346 e. The maximum Gasteiger partial charge on any atom is 0.223 e. The van der Waals surface area contributed by atoms with Gasteiger partial charge in [0.15, 0.2) is 0 Å². The van der Waals surface area contributed by atoms with E-state index in [2.05, 4.69) is 28.9 Å². The summed E-state index contributed by atoms with van der Waals surface area (Å²) in [7, 11) is 8.16. The van der Waals surface area contributed by atoms with Crippen molar-refractivity contribution in [3.05, 3.63) is 18.2 Å². The molecule has 1 aromatic heterocycles. The molecule has 0 spiro atoms. The Morgan fingerprint density at radius 1 is 1.36 bits per heavy atom. The first-order valence-corrected chi connectivity index (χ1v) is 8.06. The van der Waals surface area contributed by atoms with Gasteiger partial charge in [-0.1, -0.05) is 0 Å². The van der Waals surface area contributed by atoms with Crippen LogP contribution >= 0.6 is 0 Å². The first-order valence-electron chi connectivity index (χ1n) is 8.06. The molecule has 1 saturated heterocycles. The van der Waals surface area contributed by atoms with Crippen molar-refractivity contribution >= 4 is 5.91 Å². The molecule has 1 fully saturated rings. The maximum absolute atomic E-state index is 12.4. The Morgan fingerprint density at radius 2 is 2.14 bits per heavy atom. The molecule has 22 heavy (non-hydrogen) atoms. The van der Waals surface area contributed by atoms with E-state index in [0.717, 1.165) is 44.8 Å². The van der Waals surface area contributed by atoms with Gasteiger partial charge in [0.05, 0.1) is 0 Å². The lowest BCUT2D eigenvalue weighted by molar-refractivity contribution is -0.131. The summed E-state index contributed by atoms with van der Waals surface area (Å²) in [4.78, 5) is 23.2. The molecular weight excluding hydrogens is 278 g/mol. The van der Waals surface area contributed by atoms with Crippen LogP contribution in [0.15, 0.2) is 12.4 Å². The first kappa shape index (κ1) is 17.0. The minimum atomic E-state index is 0.243. The van der Waals surface area contributed by atoms with Crippen molar-refractivity contribution in [2.75, 3.05) is 47.3 Å². The van der Waals surface area contributed by atoms with Crippen LogP contribution in [0.4, 0.5) is 0 Å². The number of carbonyl (C=O) groups is 1. The van der Waals surface area contributed by atoms with Crippen LogP contribution in [0, 0.1) is 0 Å². The molecule has 1 atom stereocenters. The number of aryl methyl sites for hydroxylation is 2. The summed E-state index contributed by atoms with van der Waals surface area (Å²) in [6.07, 6.45) is 6.25. The summed E-state index contributed by atoms with van der Waals surface area (Å²) in [6.45, 7) is 3.89. The van der Waals surface area contributed by atoms with Crippen LogP contribution in [-0.4, -0.2) is 83.5 Å². The van der Waals surface area contributed by atoms with Crippen molar-refractivity contribution in [3.8, 4) is 0 Å². The zero-order valence-corrected chi connectivity index (χ0v) is 14.3. The largest absolute Gasteiger partial charge is 0.346 e. The lowest BCUT2D eigenvalue weighted by Gasteiger charge is -2.38. The second-order valence-corrected chi connectivity index (χ2v) is 6.47. The summed E-state index contributed by atoms with van der Waals surface area (Å²) < 4.78 is 2.04. The summed E-state index contributed by atoms with van der Waals surface area (Å²) in [5.74, 6) is 1.32. The number of piperazine rings is 1. The normalized spacial score (nSPS) is 20.3. The molecule has 0 radical (unpaired) electrons. The van der Waals surface area contributed by atoms with Crippen LogP contribution < -0.4 is 0 Å². The number of aromatic nitrogens is 2. The average Bonchev–Trinajstić information content (AvgIpc) is 2.88. The molecule has 124 valence electrons. The van der Waals surface area contributed by atoms with Crippen LogP contribution in [0.5, 0.6) is 0 Å². The topological polar surface area (TPSA) is 44.6 Å². The fourth-order valence-corrected chi connectivity index (χ4v) is 2.92. The van der Waals surface area contributed by atoms with Gasteiger partial charge in [0.2, 0.25) is 5.91 Å². The smallest absolute Gasteiger partial charge is 0.223 e. The summed E-state index contributed by atoms with van der Waals surface area (Å²) in [6, 6.07) is 0.336. The van der Waals surface area contributed by atoms with Crippen molar-refractivity contribution < 1.29 is 4.79 Å². The van der Waals surface area contributed by atoms with Crippen LogP contribution in [0.1, 0.15) is 18.7 Å². The van der Waals surface area contributed by atoms with Crippen molar-refractivity contribution in [1.29, 1.82) is 0 Å². The van der Waals surface area contributed by atoms with E-state index in [0.29, 0.717) is 12.5 Å². The highest BCUT2D eigenvalue weighted by Crippen LogP contribution is 2.11. The highest BCUT2D eigenvalue weighted by atomic mass is 16.2. The van der Waals surface area contributed by atoms with Gasteiger partial charge in [-0.3, -0.25) is 4.79 Å². The molecule has 0 unspecified atom stereocenters. The quantitative estimate of drug-likeness (QED) is 0.765. The van der Waals surface area contributed by atoms with E-state index in [1.54, 1.807) is 0 Å². The monoisotopic (exact) mass is 307 g/mol. The van der Waals surface area contributed by atoms with Crippen LogP contribution in [0.2, 0.25) is 0 Å². The Hall–Kier alpha value is -1.40. The molecule has 1 aliphatic heterocycles. The maximum atomic E-state index is 12.4. The molecular formula is C16H29N5O. The zero-order chi connectivity index (χ0) is 16.1. The molecule has 0 saturated carbocycles. The van der Waals surface area contributed by atoms with Gasteiger partial charge in [-0.25, -0.2) is 4.98 Å². The van der Waals surface area contributed by atoms with E-state index in [1.165, 1.54) is 0 Å². The van der Waals surface area contributed by atoms with Gasteiger partial charge < -0.3 is 19.3 Å². The van der Waals surface area contributed by atoms with Gasteiger partial charge in [-0.2, -0.15) is 0 Å². The molecule has 6 heteroatoms. The second kappa shape index (κ2) is 7.74. The predicted molar refractivity (Wildman–Crippen MR) is 87.7 cm³/mol. The molecule has 0 aliphatic carbocycles. The zero-order valence-electron chi connectivity index (χ0n) is 14.3. The molecule has 2 heterocycles.